The third kappa shape index (κ3) is 5.39. The van der Waals surface area contributed by atoms with Gasteiger partial charge in [-0.2, -0.15) is 0 Å². The van der Waals surface area contributed by atoms with Gasteiger partial charge >= 0.3 is 6.03 Å². The molecule has 0 aromatic carbocycles. The zero-order valence-corrected chi connectivity index (χ0v) is 11.2. The minimum absolute atomic E-state index is 0.0930. The molecule has 1 saturated carbocycles. The van der Waals surface area contributed by atoms with Crippen LogP contribution >= 0.6 is 0 Å². The maximum atomic E-state index is 11.5. The Morgan fingerprint density at radius 2 is 2.18 bits per heavy atom. The van der Waals surface area contributed by atoms with Gasteiger partial charge in [-0.1, -0.05) is 27.2 Å². The molecule has 0 aliphatic heterocycles. The van der Waals surface area contributed by atoms with Gasteiger partial charge in [0.05, 0.1) is 6.10 Å². The lowest BCUT2D eigenvalue weighted by Gasteiger charge is -2.14. The molecule has 0 bridgehead atoms. The highest BCUT2D eigenvalue weighted by Crippen LogP contribution is 2.34. The van der Waals surface area contributed by atoms with Crippen molar-refractivity contribution in [3.63, 3.8) is 0 Å². The molecule has 0 heterocycles. The smallest absolute Gasteiger partial charge is 0.315 e. The summed E-state index contributed by atoms with van der Waals surface area (Å²) >= 11 is 0. The zero-order chi connectivity index (χ0) is 12.8. The molecule has 1 aliphatic carbocycles. The molecule has 0 radical (unpaired) electrons. The van der Waals surface area contributed by atoms with E-state index in [1.807, 2.05) is 13.8 Å². The Balaban J connectivity index is 2.03. The van der Waals surface area contributed by atoms with Gasteiger partial charge in [0.1, 0.15) is 0 Å². The van der Waals surface area contributed by atoms with E-state index in [1.54, 1.807) is 0 Å². The van der Waals surface area contributed by atoms with Crippen LogP contribution < -0.4 is 10.6 Å². The molecular weight excluding hydrogens is 216 g/mol. The molecule has 3 unspecified atom stereocenters. The van der Waals surface area contributed by atoms with Crippen LogP contribution in [0.1, 0.15) is 46.5 Å². The van der Waals surface area contributed by atoms with Crippen molar-refractivity contribution in [3.05, 3.63) is 0 Å². The number of amides is 2. The lowest BCUT2D eigenvalue weighted by Crippen LogP contribution is -2.39. The van der Waals surface area contributed by atoms with E-state index in [-0.39, 0.29) is 18.1 Å². The molecule has 0 saturated heterocycles. The van der Waals surface area contributed by atoms with Crippen molar-refractivity contribution in [2.75, 3.05) is 6.54 Å². The van der Waals surface area contributed by atoms with E-state index >= 15 is 0 Å². The fourth-order valence-corrected chi connectivity index (χ4v) is 2.00. The molecular formula is C13H26N2O2. The predicted octanol–water partition coefficient (Wildman–Crippen LogP) is 1.88. The fraction of sp³-hybridized carbons (Fsp3) is 0.923. The molecule has 0 aromatic heterocycles. The van der Waals surface area contributed by atoms with Crippen molar-refractivity contribution in [2.24, 2.45) is 11.8 Å². The standard InChI is InChI=1S/C13H26N2O2/c1-4-5-10-8-11(10)15-13(17)14-7-6-12(16)9(2)3/h9-12,16H,4-8H2,1-3H3,(H2,14,15,17). The third-order valence-electron chi connectivity index (χ3n) is 3.39. The van der Waals surface area contributed by atoms with Crippen molar-refractivity contribution < 1.29 is 9.90 Å². The summed E-state index contributed by atoms with van der Waals surface area (Å²) in [5.74, 6) is 0.934. The van der Waals surface area contributed by atoms with Crippen LogP contribution in [0.2, 0.25) is 0 Å². The maximum Gasteiger partial charge on any atom is 0.315 e. The fourth-order valence-electron chi connectivity index (χ4n) is 2.00. The number of hydrogen-bond donors (Lipinski definition) is 3. The number of hydrogen-bond acceptors (Lipinski definition) is 2. The van der Waals surface area contributed by atoms with E-state index in [0.717, 1.165) is 6.42 Å². The number of carbonyl (C=O) groups is 1. The average molecular weight is 242 g/mol. The Kier molecular flexibility index (Phi) is 5.75. The second kappa shape index (κ2) is 6.84. The van der Waals surface area contributed by atoms with Gasteiger partial charge in [0.2, 0.25) is 0 Å². The first-order valence-electron chi connectivity index (χ1n) is 6.77. The van der Waals surface area contributed by atoms with Crippen molar-refractivity contribution in [3.8, 4) is 0 Å². The summed E-state index contributed by atoms with van der Waals surface area (Å²) in [5, 5.41) is 15.3. The molecule has 100 valence electrons. The summed E-state index contributed by atoms with van der Waals surface area (Å²) in [5.41, 5.74) is 0. The molecule has 4 nitrogen and oxygen atoms in total. The Morgan fingerprint density at radius 3 is 2.76 bits per heavy atom. The average Bonchev–Trinajstić information content (AvgIpc) is 2.96. The molecule has 2 amide bonds. The first-order chi connectivity index (χ1) is 8.04. The lowest BCUT2D eigenvalue weighted by atomic mass is 10.0. The van der Waals surface area contributed by atoms with E-state index in [0.29, 0.717) is 24.9 Å². The number of carbonyl (C=O) groups excluding carboxylic acids is 1. The summed E-state index contributed by atoms with van der Waals surface area (Å²) in [6, 6.07) is 0.287. The van der Waals surface area contributed by atoms with Crippen LogP contribution in [-0.4, -0.2) is 29.8 Å². The van der Waals surface area contributed by atoms with Gasteiger partial charge in [0, 0.05) is 12.6 Å². The van der Waals surface area contributed by atoms with Crippen LogP contribution in [0.5, 0.6) is 0 Å². The van der Waals surface area contributed by atoms with Gasteiger partial charge in [0.15, 0.2) is 0 Å². The van der Waals surface area contributed by atoms with E-state index in [1.165, 1.54) is 12.8 Å². The van der Waals surface area contributed by atoms with Gasteiger partial charge in [-0.15, -0.1) is 0 Å². The van der Waals surface area contributed by atoms with Gasteiger partial charge in [0.25, 0.3) is 0 Å². The Morgan fingerprint density at radius 1 is 1.47 bits per heavy atom. The quantitative estimate of drug-likeness (QED) is 0.638. The highest BCUT2D eigenvalue weighted by Gasteiger charge is 2.36. The normalized spacial score (nSPS) is 24.5. The number of nitrogens with one attached hydrogen (secondary N) is 2. The van der Waals surface area contributed by atoms with E-state index in [4.69, 9.17) is 0 Å². The SMILES string of the molecule is CCCC1CC1NC(=O)NCCC(O)C(C)C. The zero-order valence-electron chi connectivity index (χ0n) is 11.2. The molecule has 1 aliphatic rings. The minimum Gasteiger partial charge on any atom is -0.393 e. The van der Waals surface area contributed by atoms with E-state index in [9.17, 15) is 9.90 Å². The van der Waals surface area contributed by atoms with Crippen LogP contribution in [0, 0.1) is 11.8 Å². The van der Waals surface area contributed by atoms with Gasteiger partial charge in [-0.3, -0.25) is 0 Å². The summed E-state index contributed by atoms with van der Waals surface area (Å²) in [6.45, 7) is 6.66. The Bertz CT molecular complexity index is 244. The number of rotatable bonds is 7. The summed E-state index contributed by atoms with van der Waals surface area (Å²) in [7, 11) is 0. The van der Waals surface area contributed by atoms with Crippen LogP contribution in [0.15, 0.2) is 0 Å². The molecule has 1 rings (SSSR count). The van der Waals surface area contributed by atoms with Crippen molar-refractivity contribution in [1.82, 2.24) is 10.6 Å². The first kappa shape index (κ1) is 14.3. The minimum atomic E-state index is -0.330. The number of aliphatic hydroxyl groups excluding tert-OH is 1. The molecule has 0 spiro atoms. The summed E-state index contributed by atoms with van der Waals surface area (Å²) < 4.78 is 0. The highest BCUT2D eigenvalue weighted by atomic mass is 16.3. The molecule has 0 aromatic rings. The van der Waals surface area contributed by atoms with Crippen LogP contribution in [-0.2, 0) is 0 Å². The van der Waals surface area contributed by atoms with Crippen molar-refractivity contribution in [1.29, 1.82) is 0 Å². The maximum absolute atomic E-state index is 11.5. The van der Waals surface area contributed by atoms with Crippen molar-refractivity contribution >= 4 is 6.03 Å². The second-order valence-corrected chi connectivity index (χ2v) is 5.39. The largest absolute Gasteiger partial charge is 0.393 e. The first-order valence-corrected chi connectivity index (χ1v) is 6.77. The molecule has 17 heavy (non-hydrogen) atoms. The van der Waals surface area contributed by atoms with Crippen molar-refractivity contribution in [2.45, 2.75) is 58.6 Å². The topological polar surface area (TPSA) is 61.4 Å². The summed E-state index contributed by atoms with van der Waals surface area (Å²) in [6.07, 6.45) is 3.80. The monoisotopic (exact) mass is 242 g/mol. The molecule has 3 atom stereocenters. The molecule has 3 N–H and O–H groups in total. The summed E-state index contributed by atoms with van der Waals surface area (Å²) in [4.78, 5) is 11.5. The third-order valence-corrected chi connectivity index (χ3v) is 3.39. The highest BCUT2D eigenvalue weighted by molar-refractivity contribution is 5.74. The van der Waals surface area contributed by atoms with Gasteiger partial charge in [-0.05, 0) is 31.1 Å². The van der Waals surface area contributed by atoms with Crippen LogP contribution in [0.4, 0.5) is 4.79 Å². The van der Waals surface area contributed by atoms with E-state index < -0.39 is 0 Å². The number of aliphatic hydroxyl groups is 1. The van der Waals surface area contributed by atoms with E-state index in [2.05, 4.69) is 17.6 Å². The Hall–Kier alpha value is -0.770. The van der Waals surface area contributed by atoms with Crippen LogP contribution in [0.25, 0.3) is 0 Å². The van der Waals surface area contributed by atoms with Crippen LogP contribution in [0.3, 0.4) is 0 Å². The van der Waals surface area contributed by atoms with Gasteiger partial charge in [-0.25, -0.2) is 4.79 Å². The Labute approximate surface area is 104 Å². The predicted molar refractivity (Wildman–Crippen MR) is 68.8 cm³/mol. The lowest BCUT2D eigenvalue weighted by molar-refractivity contribution is 0.116. The second-order valence-electron chi connectivity index (χ2n) is 5.39. The molecule has 4 heteroatoms. The molecule has 1 fully saturated rings. The number of urea groups is 1. The van der Waals surface area contributed by atoms with Gasteiger partial charge < -0.3 is 15.7 Å².